The second kappa shape index (κ2) is 3.85. The Balaban J connectivity index is 2.01. The largest absolute Gasteiger partial charge is 0.465 e. The molecule has 3 rings (SSSR count). The molecule has 1 aliphatic carbocycles. The van der Waals surface area contributed by atoms with Gasteiger partial charge in [0.15, 0.2) is 0 Å². The monoisotopic (exact) mass is 291 g/mol. The third-order valence-electron chi connectivity index (χ3n) is 3.80. The summed E-state index contributed by atoms with van der Waals surface area (Å²) in [6, 6.07) is 2.63. The van der Waals surface area contributed by atoms with Crippen LogP contribution in [-0.4, -0.2) is 17.6 Å². The SMILES string of the molecule is O=C1OCCC12CC2c1ccc(Cl)nc1C(F)(F)F. The van der Waals surface area contributed by atoms with Crippen molar-refractivity contribution < 1.29 is 22.7 Å². The lowest BCUT2D eigenvalue weighted by atomic mass is 9.96. The fourth-order valence-corrected chi connectivity index (χ4v) is 2.89. The van der Waals surface area contributed by atoms with Gasteiger partial charge < -0.3 is 4.74 Å². The van der Waals surface area contributed by atoms with E-state index >= 15 is 0 Å². The predicted octanol–water partition coefficient (Wildman–Crippen LogP) is 3.17. The zero-order valence-electron chi connectivity index (χ0n) is 9.63. The van der Waals surface area contributed by atoms with Crippen LogP contribution in [0.3, 0.4) is 0 Å². The number of nitrogens with zero attached hydrogens (tertiary/aromatic N) is 1. The number of rotatable bonds is 1. The Morgan fingerprint density at radius 1 is 1.42 bits per heavy atom. The molecule has 2 aliphatic rings. The van der Waals surface area contributed by atoms with E-state index in [9.17, 15) is 18.0 Å². The third kappa shape index (κ3) is 1.89. The minimum atomic E-state index is -4.58. The summed E-state index contributed by atoms with van der Waals surface area (Å²) in [6.07, 6.45) is -3.72. The third-order valence-corrected chi connectivity index (χ3v) is 4.01. The maximum Gasteiger partial charge on any atom is 0.433 e. The average Bonchev–Trinajstić information content (AvgIpc) is 2.92. The average molecular weight is 292 g/mol. The molecule has 0 bridgehead atoms. The van der Waals surface area contributed by atoms with Crippen molar-refractivity contribution >= 4 is 17.6 Å². The maximum atomic E-state index is 13.0. The molecule has 2 atom stereocenters. The fraction of sp³-hybridized carbons (Fsp3) is 0.500. The molecule has 0 N–H and O–H groups in total. The molecule has 0 aromatic carbocycles. The highest BCUT2D eigenvalue weighted by atomic mass is 35.5. The highest BCUT2D eigenvalue weighted by Crippen LogP contribution is 2.65. The molecule has 1 saturated heterocycles. The molecular formula is C12H9ClF3NO2. The Morgan fingerprint density at radius 2 is 2.16 bits per heavy atom. The minimum absolute atomic E-state index is 0.0377. The van der Waals surface area contributed by atoms with E-state index in [-0.39, 0.29) is 17.3 Å². The molecule has 2 fully saturated rings. The van der Waals surface area contributed by atoms with Crippen LogP contribution in [0.5, 0.6) is 0 Å². The van der Waals surface area contributed by atoms with E-state index in [0.717, 1.165) is 0 Å². The summed E-state index contributed by atoms with van der Waals surface area (Å²) in [4.78, 5) is 15.0. The van der Waals surface area contributed by atoms with Crippen LogP contribution in [0.15, 0.2) is 12.1 Å². The van der Waals surface area contributed by atoms with Gasteiger partial charge in [-0.05, 0) is 24.5 Å². The van der Waals surface area contributed by atoms with E-state index in [4.69, 9.17) is 16.3 Å². The molecule has 1 aliphatic heterocycles. The normalized spacial score (nSPS) is 29.7. The summed E-state index contributed by atoms with van der Waals surface area (Å²) in [5.74, 6) is -0.871. The first-order valence-corrected chi connectivity index (χ1v) is 6.13. The quantitative estimate of drug-likeness (QED) is 0.589. The second-order valence-corrected chi connectivity index (χ2v) is 5.26. The van der Waals surface area contributed by atoms with E-state index in [2.05, 4.69) is 4.98 Å². The van der Waals surface area contributed by atoms with Gasteiger partial charge in [0, 0.05) is 5.92 Å². The number of cyclic esters (lactones) is 1. The molecule has 1 aromatic heterocycles. The lowest BCUT2D eigenvalue weighted by molar-refractivity contribution is -0.144. The molecule has 19 heavy (non-hydrogen) atoms. The van der Waals surface area contributed by atoms with Crippen LogP contribution in [0.25, 0.3) is 0 Å². The van der Waals surface area contributed by atoms with E-state index < -0.39 is 29.2 Å². The van der Waals surface area contributed by atoms with Gasteiger partial charge in [-0.3, -0.25) is 4.79 Å². The number of esters is 1. The number of hydrogen-bond acceptors (Lipinski definition) is 3. The smallest absolute Gasteiger partial charge is 0.433 e. The van der Waals surface area contributed by atoms with Crippen LogP contribution >= 0.6 is 11.6 Å². The molecule has 3 nitrogen and oxygen atoms in total. The summed E-state index contributed by atoms with van der Waals surface area (Å²) in [6.45, 7) is 0.275. The van der Waals surface area contributed by atoms with Crippen LogP contribution in [0.1, 0.15) is 30.0 Å². The van der Waals surface area contributed by atoms with Crippen molar-refractivity contribution in [2.75, 3.05) is 6.61 Å². The summed E-state index contributed by atoms with van der Waals surface area (Å²) >= 11 is 5.53. The molecule has 1 saturated carbocycles. The molecule has 0 amide bonds. The summed E-state index contributed by atoms with van der Waals surface area (Å²) in [7, 11) is 0. The van der Waals surface area contributed by atoms with Gasteiger partial charge in [0.05, 0.1) is 12.0 Å². The number of aromatic nitrogens is 1. The minimum Gasteiger partial charge on any atom is -0.465 e. The van der Waals surface area contributed by atoms with Crippen molar-refractivity contribution in [1.82, 2.24) is 4.98 Å². The molecule has 2 heterocycles. The predicted molar refractivity (Wildman–Crippen MR) is 59.6 cm³/mol. The van der Waals surface area contributed by atoms with Crippen molar-refractivity contribution in [1.29, 1.82) is 0 Å². The summed E-state index contributed by atoms with van der Waals surface area (Å²) < 4.78 is 43.7. The van der Waals surface area contributed by atoms with Gasteiger partial charge in [0.25, 0.3) is 0 Å². The summed E-state index contributed by atoms with van der Waals surface area (Å²) in [5.41, 5.74) is -1.73. The van der Waals surface area contributed by atoms with Crippen LogP contribution in [0.2, 0.25) is 5.15 Å². The number of ether oxygens (including phenoxy) is 1. The van der Waals surface area contributed by atoms with E-state index in [1.807, 2.05) is 0 Å². The molecule has 2 unspecified atom stereocenters. The van der Waals surface area contributed by atoms with Gasteiger partial charge in [-0.15, -0.1) is 0 Å². The Morgan fingerprint density at radius 3 is 2.74 bits per heavy atom. The molecule has 1 aromatic rings. The van der Waals surface area contributed by atoms with E-state index in [0.29, 0.717) is 12.8 Å². The standard InChI is InChI=1S/C12H9ClF3NO2/c13-8-2-1-6(9(17-8)12(14,15)16)7-5-11(7)3-4-19-10(11)18/h1-2,7H,3-5H2. The van der Waals surface area contributed by atoms with Crippen LogP contribution in [0.4, 0.5) is 13.2 Å². The van der Waals surface area contributed by atoms with Crippen LogP contribution < -0.4 is 0 Å². The Labute approximate surface area is 111 Å². The summed E-state index contributed by atoms with van der Waals surface area (Å²) in [5, 5.41) is -0.209. The van der Waals surface area contributed by atoms with Crippen molar-refractivity contribution in [2.24, 2.45) is 5.41 Å². The first-order chi connectivity index (χ1) is 8.84. The Hall–Kier alpha value is -1.30. The first-order valence-electron chi connectivity index (χ1n) is 5.75. The molecule has 0 radical (unpaired) electrons. The van der Waals surface area contributed by atoms with Gasteiger partial charge >= 0.3 is 12.1 Å². The van der Waals surface area contributed by atoms with Gasteiger partial charge in [0.2, 0.25) is 0 Å². The van der Waals surface area contributed by atoms with Gasteiger partial charge in [-0.2, -0.15) is 13.2 Å². The van der Waals surface area contributed by atoms with E-state index in [1.165, 1.54) is 12.1 Å². The van der Waals surface area contributed by atoms with E-state index in [1.54, 1.807) is 0 Å². The lowest BCUT2D eigenvalue weighted by Crippen LogP contribution is -2.15. The topological polar surface area (TPSA) is 39.2 Å². The van der Waals surface area contributed by atoms with Crippen molar-refractivity contribution in [3.05, 3.63) is 28.5 Å². The highest BCUT2D eigenvalue weighted by Gasteiger charge is 2.65. The highest BCUT2D eigenvalue weighted by molar-refractivity contribution is 6.29. The Bertz CT molecular complexity index is 560. The molecule has 7 heteroatoms. The zero-order chi connectivity index (χ0) is 13.8. The van der Waals surface area contributed by atoms with Crippen LogP contribution in [-0.2, 0) is 15.7 Å². The number of halogens is 4. The second-order valence-electron chi connectivity index (χ2n) is 4.87. The van der Waals surface area contributed by atoms with Gasteiger partial charge in [-0.1, -0.05) is 17.7 Å². The number of pyridine rings is 1. The van der Waals surface area contributed by atoms with Crippen LogP contribution in [0, 0.1) is 5.41 Å². The lowest BCUT2D eigenvalue weighted by Gasteiger charge is -2.13. The number of carbonyl (C=O) groups is 1. The van der Waals surface area contributed by atoms with Crippen molar-refractivity contribution in [3.8, 4) is 0 Å². The molecular weight excluding hydrogens is 283 g/mol. The molecule has 1 spiro atoms. The number of carbonyl (C=O) groups excluding carboxylic acids is 1. The fourth-order valence-electron chi connectivity index (χ4n) is 2.74. The Kier molecular flexibility index (Phi) is 2.58. The van der Waals surface area contributed by atoms with Crippen molar-refractivity contribution in [2.45, 2.75) is 24.9 Å². The van der Waals surface area contributed by atoms with Gasteiger partial charge in [-0.25, -0.2) is 4.98 Å². The number of alkyl halides is 3. The van der Waals surface area contributed by atoms with Gasteiger partial charge in [0.1, 0.15) is 10.8 Å². The van der Waals surface area contributed by atoms with Crippen molar-refractivity contribution in [3.63, 3.8) is 0 Å². The maximum absolute atomic E-state index is 13.0. The zero-order valence-corrected chi connectivity index (χ0v) is 10.4. The number of hydrogen-bond donors (Lipinski definition) is 0. The first kappa shape index (κ1) is 12.7. The molecule has 102 valence electrons.